The predicted octanol–water partition coefficient (Wildman–Crippen LogP) is 1.47. The molecule has 4 unspecified atom stereocenters. The molecule has 3 heteroatoms. The van der Waals surface area contributed by atoms with Gasteiger partial charge in [-0.2, -0.15) is 0 Å². The molecule has 0 spiro atoms. The van der Waals surface area contributed by atoms with E-state index in [1.54, 1.807) is 0 Å². The van der Waals surface area contributed by atoms with Gasteiger partial charge in [0.25, 0.3) is 0 Å². The van der Waals surface area contributed by atoms with E-state index >= 15 is 0 Å². The van der Waals surface area contributed by atoms with Crippen molar-refractivity contribution < 1.29 is 4.74 Å². The number of hydrogen-bond acceptors (Lipinski definition) is 3. The van der Waals surface area contributed by atoms with Gasteiger partial charge in [-0.15, -0.1) is 0 Å². The van der Waals surface area contributed by atoms with Crippen molar-refractivity contribution in [3.63, 3.8) is 0 Å². The number of nitrogens with two attached hydrogens (primary N) is 1. The Hall–Kier alpha value is -0.120. The number of rotatable bonds is 3. The van der Waals surface area contributed by atoms with Crippen molar-refractivity contribution in [1.82, 2.24) is 4.90 Å². The van der Waals surface area contributed by atoms with Gasteiger partial charge in [-0.1, -0.05) is 6.92 Å². The second-order valence-corrected chi connectivity index (χ2v) is 5.66. The van der Waals surface area contributed by atoms with E-state index < -0.39 is 0 Å². The molecule has 0 saturated carbocycles. The summed E-state index contributed by atoms with van der Waals surface area (Å²) < 4.78 is 5.51. The van der Waals surface area contributed by atoms with Crippen LogP contribution in [0.4, 0.5) is 0 Å². The number of piperidine rings is 1. The van der Waals surface area contributed by atoms with Gasteiger partial charge < -0.3 is 10.5 Å². The zero-order valence-electron chi connectivity index (χ0n) is 10.7. The molecule has 2 heterocycles. The summed E-state index contributed by atoms with van der Waals surface area (Å²) in [6, 6.07) is 1.24. The fourth-order valence-corrected chi connectivity index (χ4v) is 3.24. The van der Waals surface area contributed by atoms with Gasteiger partial charge >= 0.3 is 0 Å². The number of ether oxygens (including phenoxy) is 1. The fourth-order valence-electron chi connectivity index (χ4n) is 3.24. The molecule has 0 aliphatic carbocycles. The molecule has 2 rings (SSSR count). The average Bonchev–Trinajstić information content (AvgIpc) is 2.78. The van der Waals surface area contributed by atoms with Gasteiger partial charge in [-0.3, -0.25) is 4.90 Å². The Balaban J connectivity index is 2.00. The van der Waals surface area contributed by atoms with Crippen molar-refractivity contribution >= 4 is 0 Å². The smallest absolute Gasteiger partial charge is 0.0510 e. The third-order valence-corrected chi connectivity index (χ3v) is 4.34. The maximum atomic E-state index is 5.99. The average molecular weight is 226 g/mol. The molecule has 94 valence electrons. The standard InChI is InChI=1S/C13H26N2O/c1-10-3-4-11(2)15(8-10)13(7-14)12-5-6-16-9-12/h10-13H,3-9,14H2,1-2H3. The molecule has 0 radical (unpaired) electrons. The van der Waals surface area contributed by atoms with E-state index in [-0.39, 0.29) is 0 Å². The first kappa shape index (κ1) is 12.3. The molecule has 3 nitrogen and oxygen atoms in total. The summed E-state index contributed by atoms with van der Waals surface area (Å²) in [5, 5.41) is 0. The summed E-state index contributed by atoms with van der Waals surface area (Å²) in [6.07, 6.45) is 3.89. The highest BCUT2D eigenvalue weighted by atomic mass is 16.5. The van der Waals surface area contributed by atoms with E-state index in [1.807, 2.05) is 0 Å². The molecule has 0 aromatic heterocycles. The van der Waals surface area contributed by atoms with Crippen LogP contribution >= 0.6 is 0 Å². The Morgan fingerprint density at radius 3 is 2.75 bits per heavy atom. The minimum atomic E-state index is 0.542. The summed E-state index contributed by atoms with van der Waals surface area (Å²) in [7, 11) is 0. The van der Waals surface area contributed by atoms with Gasteiger partial charge in [0.15, 0.2) is 0 Å². The van der Waals surface area contributed by atoms with Crippen LogP contribution in [-0.4, -0.2) is 43.3 Å². The lowest BCUT2D eigenvalue weighted by atomic mass is 9.89. The highest BCUT2D eigenvalue weighted by Gasteiger charge is 2.34. The van der Waals surface area contributed by atoms with Crippen molar-refractivity contribution in [2.45, 2.75) is 45.2 Å². The van der Waals surface area contributed by atoms with Gasteiger partial charge in [0, 0.05) is 37.7 Å². The summed E-state index contributed by atoms with van der Waals surface area (Å²) >= 11 is 0. The molecule has 0 aromatic rings. The van der Waals surface area contributed by atoms with Crippen LogP contribution in [0.5, 0.6) is 0 Å². The first-order chi connectivity index (χ1) is 7.72. The summed E-state index contributed by atoms with van der Waals surface area (Å²) in [5.74, 6) is 1.49. The first-order valence-electron chi connectivity index (χ1n) is 6.76. The Morgan fingerprint density at radius 1 is 1.31 bits per heavy atom. The van der Waals surface area contributed by atoms with E-state index in [9.17, 15) is 0 Å². The van der Waals surface area contributed by atoms with Crippen molar-refractivity contribution in [2.24, 2.45) is 17.6 Å². The van der Waals surface area contributed by atoms with Crippen LogP contribution in [-0.2, 0) is 4.74 Å². The molecule has 0 bridgehead atoms. The van der Waals surface area contributed by atoms with Crippen LogP contribution < -0.4 is 5.73 Å². The second-order valence-electron chi connectivity index (χ2n) is 5.66. The van der Waals surface area contributed by atoms with E-state index in [2.05, 4.69) is 18.7 Å². The van der Waals surface area contributed by atoms with Gasteiger partial charge in [0.05, 0.1) is 6.61 Å². The van der Waals surface area contributed by atoms with Crippen LogP contribution in [0.2, 0.25) is 0 Å². The normalized spacial score (nSPS) is 38.8. The quantitative estimate of drug-likeness (QED) is 0.792. The maximum Gasteiger partial charge on any atom is 0.0510 e. The Kier molecular flexibility index (Phi) is 4.22. The molecule has 16 heavy (non-hydrogen) atoms. The van der Waals surface area contributed by atoms with Gasteiger partial charge in [-0.25, -0.2) is 0 Å². The van der Waals surface area contributed by atoms with Crippen LogP contribution in [0, 0.1) is 11.8 Å². The second kappa shape index (κ2) is 5.48. The number of likely N-dealkylation sites (tertiary alicyclic amines) is 1. The molecule has 2 saturated heterocycles. The predicted molar refractivity (Wildman–Crippen MR) is 66.3 cm³/mol. The first-order valence-corrected chi connectivity index (χ1v) is 6.76. The van der Waals surface area contributed by atoms with E-state index in [0.717, 1.165) is 25.7 Å². The lowest BCUT2D eigenvalue weighted by molar-refractivity contribution is 0.0462. The largest absolute Gasteiger partial charge is 0.381 e. The zero-order valence-corrected chi connectivity index (χ0v) is 10.7. The van der Waals surface area contributed by atoms with Gasteiger partial charge in [0.1, 0.15) is 0 Å². The van der Waals surface area contributed by atoms with Crippen molar-refractivity contribution in [1.29, 1.82) is 0 Å². The fraction of sp³-hybridized carbons (Fsp3) is 1.00. The number of nitrogens with zero attached hydrogens (tertiary/aromatic N) is 1. The van der Waals surface area contributed by atoms with Crippen molar-refractivity contribution in [3.05, 3.63) is 0 Å². The van der Waals surface area contributed by atoms with E-state index in [1.165, 1.54) is 25.8 Å². The van der Waals surface area contributed by atoms with Crippen molar-refractivity contribution in [3.8, 4) is 0 Å². The van der Waals surface area contributed by atoms with Crippen molar-refractivity contribution in [2.75, 3.05) is 26.3 Å². The Bertz CT molecular complexity index is 216. The third-order valence-electron chi connectivity index (χ3n) is 4.34. The third kappa shape index (κ3) is 2.58. The molecule has 2 aliphatic rings. The molecule has 2 fully saturated rings. The van der Waals surface area contributed by atoms with Gasteiger partial charge in [-0.05, 0) is 32.1 Å². The minimum absolute atomic E-state index is 0.542. The number of hydrogen-bond donors (Lipinski definition) is 1. The van der Waals surface area contributed by atoms with Crippen LogP contribution in [0.1, 0.15) is 33.1 Å². The molecule has 0 aromatic carbocycles. The highest BCUT2D eigenvalue weighted by Crippen LogP contribution is 2.28. The monoisotopic (exact) mass is 226 g/mol. The molecular formula is C13H26N2O. The van der Waals surface area contributed by atoms with Crippen LogP contribution in [0.15, 0.2) is 0 Å². The maximum absolute atomic E-state index is 5.99. The minimum Gasteiger partial charge on any atom is -0.381 e. The van der Waals surface area contributed by atoms with E-state index in [0.29, 0.717) is 18.0 Å². The van der Waals surface area contributed by atoms with E-state index in [4.69, 9.17) is 10.5 Å². The zero-order chi connectivity index (χ0) is 11.5. The molecular weight excluding hydrogens is 200 g/mol. The van der Waals surface area contributed by atoms with Crippen LogP contribution in [0.25, 0.3) is 0 Å². The molecule has 2 aliphatic heterocycles. The molecule has 4 atom stereocenters. The highest BCUT2D eigenvalue weighted by molar-refractivity contribution is 4.88. The molecule has 0 amide bonds. The molecule has 2 N–H and O–H groups in total. The summed E-state index contributed by atoms with van der Waals surface area (Å²) in [4.78, 5) is 2.65. The van der Waals surface area contributed by atoms with Crippen LogP contribution in [0.3, 0.4) is 0 Å². The lowest BCUT2D eigenvalue weighted by Gasteiger charge is -2.43. The summed E-state index contributed by atoms with van der Waals surface area (Å²) in [6.45, 7) is 8.56. The Morgan fingerprint density at radius 2 is 2.12 bits per heavy atom. The summed E-state index contributed by atoms with van der Waals surface area (Å²) in [5.41, 5.74) is 5.99. The topological polar surface area (TPSA) is 38.5 Å². The van der Waals surface area contributed by atoms with Gasteiger partial charge in [0.2, 0.25) is 0 Å². The Labute approximate surface area is 99.3 Å². The lowest BCUT2D eigenvalue weighted by Crippen LogP contribution is -2.53. The SMILES string of the molecule is CC1CCC(C)N(C(CN)C2CCOC2)C1.